The number of nitrogens with one attached hydrogen (secondary N) is 1. The molecule has 0 bridgehead atoms. The van der Waals surface area contributed by atoms with Gasteiger partial charge in [-0.25, -0.2) is 0 Å². The first-order valence-electron chi connectivity index (χ1n) is 7.50. The summed E-state index contributed by atoms with van der Waals surface area (Å²) in [6, 6.07) is 11.8. The van der Waals surface area contributed by atoms with Crippen molar-refractivity contribution in [3.8, 4) is 0 Å². The van der Waals surface area contributed by atoms with Crippen LogP contribution in [0.4, 0.5) is 5.69 Å². The monoisotopic (exact) mass is 358 g/mol. The second-order valence-electron chi connectivity index (χ2n) is 5.84. The minimum absolute atomic E-state index is 0.0199. The quantitative estimate of drug-likeness (QED) is 0.792. The van der Waals surface area contributed by atoms with Crippen LogP contribution in [0.25, 0.3) is 0 Å². The van der Waals surface area contributed by atoms with Crippen LogP contribution >= 0.6 is 15.9 Å². The van der Waals surface area contributed by atoms with Crippen molar-refractivity contribution < 1.29 is 4.79 Å². The van der Waals surface area contributed by atoms with E-state index in [-0.39, 0.29) is 11.9 Å². The number of nitrogen functional groups attached to an aromatic ring is 1. The highest BCUT2D eigenvalue weighted by atomic mass is 79.9. The summed E-state index contributed by atoms with van der Waals surface area (Å²) in [4.78, 5) is 12.6. The van der Waals surface area contributed by atoms with E-state index in [2.05, 4.69) is 21.2 Å². The third-order valence-corrected chi connectivity index (χ3v) is 4.72. The van der Waals surface area contributed by atoms with Crippen LogP contribution in [0.3, 0.4) is 0 Å². The van der Waals surface area contributed by atoms with Crippen LogP contribution in [0.15, 0.2) is 40.9 Å². The summed E-state index contributed by atoms with van der Waals surface area (Å²) in [5.41, 5.74) is 10.8. The average Bonchev–Trinajstić information content (AvgIpc) is 2.49. The van der Waals surface area contributed by atoms with Crippen molar-refractivity contribution >= 4 is 27.5 Å². The minimum Gasteiger partial charge on any atom is -0.399 e. The Labute approximate surface area is 139 Å². The molecule has 0 aromatic heterocycles. The van der Waals surface area contributed by atoms with Gasteiger partial charge in [0.25, 0.3) is 5.91 Å². The summed E-state index contributed by atoms with van der Waals surface area (Å²) in [6.07, 6.45) is 3.07. The van der Waals surface area contributed by atoms with Gasteiger partial charge in [-0.05, 0) is 67.1 Å². The highest BCUT2D eigenvalue weighted by molar-refractivity contribution is 9.10. The zero-order valence-corrected chi connectivity index (χ0v) is 14.1. The molecule has 0 heterocycles. The molecule has 0 aliphatic heterocycles. The smallest absolute Gasteiger partial charge is 0.252 e. The molecule has 1 atom stereocenters. The predicted octanol–water partition coefficient (Wildman–Crippen LogP) is 4.15. The topological polar surface area (TPSA) is 55.1 Å². The van der Waals surface area contributed by atoms with Crippen LogP contribution < -0.4 is 11.1 Å². The summed E-state index contributed by atoms with van der Waals surface area (Å²) in [5.74, 6) is -0.0199. The van der Waals surface area contributed by atoms with Gasteiger partial charge >= 0.3 is 0 Å². The van der Waals surface area contributed by atoms with Crippen LogP contribution in [-0.2, 0) is 6.42 Å². The Morgan fingerprint density at radius 3 is 2.91 bits per heavy atom. The Morgan fingerprint density at radius 1 is 1.27 bits per heavy atom. The summed E-state index contributed by atoms with van der Waals surface area (Å²) < 4.78 is 0.917. The fourth-order valence-corrected chi connectivity index (χ4v) is 3.42. The van der Waals surface area contributed by atoms with Gasteiger partial charge in [0.05, 0.1) is 6.04 Å². The van der Waals surface area contributed by atoms with Gasteiger partial charge in [-0.2, -0.15) is 0 Å². The summed E-state index contributed by atoms with van der Waals surface area (Å²) in [7, 11) is 0. The van der Waals surface area contributed by atoms with Crippen molar-refractivity contribution in [1.29, 1.82) is 0 Å². The molecule has 0 spiro atoms. The third-order valence-electron chi connectivity index (χ3n) is 4.23. The minimum atomic E-state index is -0.0199. The maximum Gasteiger partial charge on any atom is 0.252 e. The fourth-order valence-electron chi connectivity index (χ4n) is 3.06. The molecule has 22 heavy (non-hydrogen) atoms. The number of hydrogen-bond donors (Lipinski definition) is 2. The standard InChI is InChI=1S/C18H19BrN2O/c1-11-5-6-13(19)10-16(11)18(22)21-17-4-2-3-12-9-14(20)7-8-15(12)17/h5-10,17H,2-4,20H2,1H3,(H,21,22). The molecule has 0 saturated heterocycles. The lowest BCUT2D eigenvalue weighted by Gasteiger charge is -2.27. The molecule has 3 nitrogen and oxygen atoms in total. The number of anilines is 1. The average molecular weight is 359 g/mol. The Balaban J connectivity index is 1.85. The van der Waals surface area contributed by atoms with Gasteiger partial charge in [0, 0.05) is 15.7 Å². The van der Waals surface area contributed by atoms with Crippen LogP contribution in [0.1, 0.15) is 45.9 Å². The molecular formula is C18H19BrN2O. The van der Waals surface area contributed by atoms with Crippen LogP contribution in [-0.4, -0.2) is 5.91 Å². The SMILES string of the molecule is Cc1ccc(Br)cc1C(=O)NC1CCCc2cc(N)ccc21. The van der Waals surface area contributed by atoms with Gasteiger partial charge < -0.3 is 11.1 Å². The molecular weight excluding hydrogens is 340 g/mol. The molecule has 3 rings (SSSR count). The van der Waals surface area contributed by atoms with E-state index in [0.717, 1.165) is 40.5 Å². The van der Waals surface area contributed by atoms with E-state index in [1.807, 2.05) is 43.3 Å². The Bertz CT molecular complexity index is 727. The largest absolute Gasteiger partial charge is 0.399 e. The van der Waals surface area contributed by atoms with Gasteiger partial charge in [0.1, 0.15) is 0 Å². The highest BCUT2D eigenvalue weighted by Gasteiger charge is 2.23. The van der Waals surface area contributed by atoms with Crippen LogP contribution in [0.5, 0.6) is 0 Å². The number of hydrogen-bond acceptors (Lipinski definition) is 2. The van der Waals surface area contributed by atoms with E-state index in [1.165, 1.54) is 11.1 Å². The number of aryl methyl sites for hydroxylation is 2. The number of rotatable bonds is 2. The Hall–Kier alpha value is -1.81. The number of amides is 1. The van der Waals surface area contributed by atoms with Crippen molar-refractivity contribution in [2.45, 2.75) is 32.2 Å². The lowest BCUT2D eigenvalue weighted by molar-refractivity contribution is 0.0932. The molecule has 114 valence electrons. The van der Waals surface area contributed by atoms with Gasteiger partial charge in [0.15, 0.2) is 0 Å². The molecule has 2 aromatic carbocycles. The molecule has 0 saturated carbocycles. The molecule has 4 heteroatoms. The first kappa shape index (κ1) is 15.1. The lowest BCUT2D eigenvalue weighted by Crippen LogP contribution is -2.31. The summed E-state index contributed by atoms with van der Waals surface area (Å²) in [6.45, 7) is 1.96. The maximum atomic E-state index is 12.6. The fraction of sp³-hybridized carbons (Fsp3) is 0.278. The van der Waals surface area contributed by atoms with E-state index in [9.17, 15) is 4.79 Å². The molecule has 1 unspecified atom stereocenters. The predicted molar refractivity (Wildman–Crippen MR) is 92.9 cm³/mol. The number of benzene rings is 2. The molecule has 1 aliphatic rings. The van der Waals surface area contributed by atoms with Gasteiger partial charge in [-0.1, -0.05) is 28.1 Å². The number of nitrogens with two attached hydrogens (primary N) is 1. The lowest BCUT2D eigenvalue weighted by atomic mass is 9.87. The highest BCUT2D eigenvalue weighted by Crippen LogP contribution is 2.31. The molecule has 1 amide bonds. The zero-order valence-electron chi connectivity index (χ0n) is 12.5. The van der Waals surface area contributed by atoms with E-state index in [4.69, 9.17) is 5.73 Å². The van der Waals surface area contributed by atoms with E-state index >= 15 is 0 Å². The van der Waals surface area contributed by atoms with Gasteiger partial charge in [-0.3, -0.25) is 4.79 Å². The summed E-state index contributed by atoms with van der Waals surface area (Å²) in [5, 5.41) is 3.18. The van der Waals surface area contributed by atoms with Gasteiger partial charge in [-0.15, -0.1) is 0 Å². The van der Waals surface area contributed by atoms with Crippen LogP contribution in [0.2, 0.25) is 0 Å². The van der Waals surface area contributed by atoms with Crippen molar-refractivity contribution in [2.75, 3.05) is 5.73 Å². The van der Waals surface area contributed by atoms with Crippen molar-refractivity contribution in [3.05, 3.63) is 63.1 Å². The number of carbonyl (C=O) groups excluding carboxylic acids is 1. The molecule has 2 aromatic rings. The number of halogens is 1. The number of carbonyl (C=O) groups is 1. The van der Waals surface area contributed by atoms with Crippen LogP contribution in [0, 0.1) is 6.92 Å². The van der Waals surface area contributed by atoms with Crippen molar-refractivity contribution in [2.24, 2.45) is 0 Å². The number of fused-ring (bicyclic) bond motifs is 1. The normalized spacial score (nSPS) is 16.9. The Kier molecular flexibility index (Phi) is 4.21. The zero-order chi connectivity index (χ0) is 15.7. The van der Waals surface area contributed by atoms with Gasteiger partial charge in [0.2, 0.25) is 0 Å². The van der Waals surface area contributed by atoms with E-state index in [0.29, 0.717) is 0 Å². The summed E-state index contributed by atoms with van der Waals surface area (Å²) >= 11 is 3.43. The Morgan fingerprint density at radius 2 is 2.09 bits per heavy atom. The van der Waals surface area contributed by atoms with Crippen molar-refractivity contribution in [3.63, 3.8) is 0 Å². The first-order chi connectivity index (χ1) is 10.5. The second-order valence-corrected chi connectivity index (χ2v) is 6.75. The second kappa shape index (κ2) is 6.13. The van der Waals surface area contributed by atoms with Crippen molar-refractivity contribution in [1.82, 2.24) is 5.32 Å². The third kappa shape index (κ3) is 3.02. The molecule has 0 fully saturated rings. The molecule has 1 aliphatic carbocycles. The molecule has 3 N–H and O–H groups in total. The first-order valence-corrected chi connectivity index (χ1v) is 8.29. The maximum absolute atomic E-state index is 12.6. The van der Waals surface area contributed by atoms with E-state index in [1.54, 1.807) is 0 Å². The van der Waals surface area contributed by atoms with E-state index < -0.39 is 0 Å². The molecule has 0 radical (unpaired) electrons.